The Labute approximate surface area is 97.9 Å². The van der Waals surface area contributed by atoms with Crippen LogP contribution in [0.4, 0.5) is 0 Å². The van der Waals surface area contributed by atoms with E-state index in [0.29, 0.717) is 17.8 Å². The van der Waals surface area contributed by atoms with Gasteiger partial charge in [-0.25, -0.2) is 9.13 Å². The van der Waals surface area contributed by atoms with Crippen LogP contribution in [0, 0.1) is 17.8 Å². The lowest BCUT2D eigenvalue weighted by Crippen LogP contribution is -2.24. The number of hydrogen-bond acceptors (Lipinski definition) is 0. The van der Waals surface area contributed by atoms with Crippen molar-refractivity contribution in [1.29, 1.82) is 0 Å². The standard InChI is InChI=1S/C14H21N2/c1-4-12-8-13(5-2)14(9-12)10-16-7-6-15(3)11-16/h4-7,11-14H,1-2,8-10H2,3H3/q+1. The minimum absolute atomic E-state index is 0.649. The van der Waals surface area contributed by atoms with E-state index in [9.17, 15) is 0 Å². The maximum absolute atomic E-state index is 3.96. The molecule has 3 atom stereocenters. The van der Waals surface area contributed by atoms with Gasteiger partial charge in [0, 0.05) is 5.92 Å². The summed E-state index contributed by atoms with van der Waals surface area (Å²) in [5, 5.41) is 0. The van der Waals surface area contributed by atoms with Crippen LogP contribution < -0.4 is 4.57 Å². The molecule has 3 unspecified atom stereocenters. The first kappa shape index (κ1) is 11.2. The molecule has 0 bridgehead atoms. The van der Waals surface area contributed by atoms with Crippen molar-refractivity contribution in [2.75, 3.05) is 0 Å². The van der Waals surface area contributed by atoms with Gasteiger partial charge < -0.3 is 0 Å². The topological polar surface area (TPSA) is 8.81 Å². The summed E-state index contributed by atoms with van der Waals surface area (Å²) in [6.07, 6.45) is 13.1. The molecule has 1 aromatic heterocycles. The smallest absolute Gasteiger partial charge is 0.240 e. The zero-order chi connectivity index (χ0) is 11.5. The van der Waals surface area contributed by atoms with Crippen molar-refractivity contribution in [2.45, 2.75) is 19.4 Å². The summed E-state index contributed by atoms with van der Waals surface area (Å²) in [5.41, 5.74) is 0. The zero-order valence-electron chi connectivity index (χ0n) is 10.0. The van der Waals surface area contributed by atoms with Gasteiger partial charge in [0.05, 0.1) is 13.6 Å². The predicted molar refractivity (Wildman–Crippen MR) is 65.7 cm³/mol. The van der Waals surface area contributed by atoms with Gasteiger partial charge >= 0.3 is 0 Å². The summed E-state index contributed by atoms with van der Waals surface area (Å²) >= 11 is 0. The van der Waals surface area contributed by atoms with E-state index in [1.165, 1.54) is 12.8 Å². The highest BCUT2D eigenvalue weighted by Crippen LogP contribution is 2.38. The summed E-state index contributed by atoms with van der Waals surface area (Å²) in [7, 11) is 2.06. The second kappa shape index (κ2) is 4.69. The fraction of sp³-hybridized carbons (Fsp3) is 0.500. The summed E-state index contributed by atoms with van der Waals surface area (Å²) in [6, 6.07) is 0. The molecule has 16 heavy (non-hydrogen) atoms. The molecule has 2 nitrogen and oxygen atoms in total. The average molecular weight is 217 g/mol. The van der Waals surface area contributed by atoms with E-state index in [4.69, 9.17) is 0 Å². The lowest BCUT2D eigenvalue weighted by atomic mass is 9.96. The lowest BCUT2D eigenvalue weighted by molar-refractivity contribution is -0.671. The Hall–Kier alpha value is -1.31. The number of rotatable bonds is 4. The van der Waals surface area contributed by atoms with Crippen molar-refractivity contribution in [3.63, 3.8) is 0 Å². The van der Waals surface area contributed by atoms with E-state index in [2.05, 4.69) is 60.2 Å². The fourth-order valence-corrected chi connectivity index (χ4v) is 2.77. The van der Waals surface area contributed by atoms with Crippen LogP contribution in [0.5, 0.6) is 0 Å². The Morgan fingerprint density at radius 1 is 1.38 bits per heavy atom. The first-order valence-corrected chi connectivity index (χ1v) is 5.99. The Balaban J connectivity index is 2.03. The van der Waals surface area contributed by atoms with Crippen LogP contribution in [-0.4, -0.2) is 4.57 Å². The molecule has 0 spiro atoms. The van der Waals surface area contributed by atoms with E-state index < -0.39 is 0 Å². The van der Waals surface area contributed by atoms with Crippen molar-refractivity contribution >= 4 is 0 Å². The van der Waals surface area contributed by atoms with E-state index in [1.807, 2.05) is 0 Å². The molecule has 1 aliphatic rings. The number of hydrogen-bond donors (Lipinski definition) is 0. The Kier molecular flexibility index (Phi) is 3.28. The highest BCUT2D eigenvalue weighted by molar-refractivity contribution is 4.98. The molecule has 1 heterocycles. The first-order chi connectivity index (χ1) is 7.72. The van der Waals surface area contributed by atoms with Crippen LogP contribution in [0.2, 0.25) is 0 Å². The van der Waals surface area contributed by atoms with Crippen LogP contribution in [-0.2, 0) is 13.6 Å². The fourth-order valence-electron chi connectivity index (χ4n) is 2.77. The number of aromatic nitrogens is 2. The molecule has 86 valence electrons. The van der Waals surface area contributed by atoms with Crippen molar-refractivity contribution in [3.05, 3.63) is 44.0 Å². The van der Waals surface area contributed by atoms with Gasteiger partial charge in [-0.05, 0) is 24.7 Å². The van der Waals surface area contributed by atoms with Crippen LogP contribution in [0.15, 0.2) is 44.0 Å². The summed E-state index contributed by atoms with van der Waals surface area (Å²) < 4.78 is 4.36. The average Bonchev–Trinajstić information content (AvgIpc) is 2.85. The molecular formula is C14H21N2+. The van der Waals surface area contributed by atoms with Gasteiger partial charge in [-0.1, -0.05) is 12.2 Å². The molecule has 0 aromatic carbocycles. The molecule has 0 radical (unpaired) electrons. The maximum atomic E-state index is 3.96. The quantitative estimate of drug-likeness (QED) is 0.540. The lowest BCUT2D eigenvalue weighted by Gasteiger charge is -2.12. The van der Waals surface area contributed by atoms with Gasteiger partial charge in [0.15, 0.2) is 0 Å². The number of aryl methyl sites for hydroxylation is 1. The van der Waals surface area contributed by atoms with Crippen LogP contribution in [0.25, 0.3) is 0 Å². The molecule has 0 amide bonds. The summed E-state index contributed by atoms with van der Waals surface area (Å²) in [6.45, 7) is 8.97. The third-order valence-corrected chi connectivity index (χ3v) is 3.69. The van der Waals surface area contributed by atoms with Crippen LogP contribution in [0.3, 0.4) is 0 Å². The Bertz CT molecular complexity index is 378. The highest BCUT2D eigenvalue weighted by Gasteiger charge is 2.32. The predicted octanol–water partition coefficient (Wildman–Crippen LogP) is 2.33. The van der Waals surface area contributed by atoms with Crippen LogP contribution in [0.1, 0.15) is 12.8 Å². The van der Waals surface area contributed by atoms with Gasteiger partial charge in [-0.15, -0.1) is 13.2 Å². The third-order valence-electron chi connectivity index (χ3n) is 3.69. The van der Waals surface area contributed by atoms with E-state index in [-0.39, 0.29) is 0 Å². The molecule has 2 heteroatoms. The molecule has 1 aliphatic carbocycles. The van der Waals surface area contributed by atoms with Crippen molar-refractivity contribution in [2.24, 2.45) is 24.8 Å². The molecule has 0 saturated heterocycles. The van der Waals surface area contributed by atoms with Gasteiger partial charge in [-0.3, -0.25) is 0 Å². The molecular weight excluding hydrogens is 196 g/mol. The Morgan fingerprint density at radius 2 is 2.19 bits per heavy atom. The van der Waals surface area contributed by atoms with Gasteiger partial charge in [0.25, 0.3) is 0 Å². The largest absolute Gasteiger partial charge is 0.243 e. The second-order valence-corrected chi connectivity index (χ2v) is 4.90. The third kappa shape index (κ3) is 2.26. The molecule has 2 rings (SSSR count). The summed E-state index contributed by atoms with van der Waals surface area (Å²) in [4.78, 5) is 0. The van der Waals surface area contributed by atoms with Crippen LogP contribution >= 0.6 is 0 Å². The van der Waals surface area contributed by atoms with E-state index >= 15 is 0 Å². The molecule has 1 aromatic rings. The Morgan fingerprint density at radius 3 is 2.75 bits per heavy atom. The van der Waals surface area contributed by atoms with E-state index in [0.717, 1.165) is 6.54 Å². The minimum atomic E-state index is 0.649. The number of nitrogens with zero attached hydrogens (tertiary/aromatic N) is 2. The maximum Gasteiger partial charge on any atom is 0.243 e. The first-order valence-electron chi connectivity index (χ1n) is 5.99. The van der Waals surface area contributed by atoms with Gasteiger partial charge in [-0.2, -0.15) is 0 Å². The highest BCUT2D eigenvalue weighted by atomic mass is 15.1. The van der Waals surface area contributed by atoms with Gasteiger partial charge in [0.1, 0.15) is 12.4 Å². The van der Waals surface area contributed by atoms with Gasteiger partial charge in [0.2, 0.25) is 6.33 Å². The zero-order valence-corrected chi connectivity index (χ0v) is 10.0. The number of allylic oxidation sites excluding steroid dienone is 2. The second-order valence-electron chi connectivity index (χ2n) is 4.90. The van der Waals surface area contributed by atoms with Crippen molar-refractivity contribution in [1.82, 2.24) is 4.57 Å². The SMILES string of the molecule is C=CC1CC(C=C)C(Cn2cc[n+](C)c2)C1. The molecule has 0 N–H and O–H groups in total. The normalized spacial score (nSPS) is 29.2. The summed E-state index contributed by atoms with van der Waals surface area (Å²) in [5.74, 6) is 2.04. The monoisotopic (exact) mass is 217 g/mol. The minimum Gasteiger partial charge on any atom is -0.240 e. The molecule has 1 fully saturated rings. The van der Waals surface area contributed by atoms with Crippen molar-refractivity contribution < 1.29 is 4.57 Å². The number of imidazole rings is 1. The van der Waals surface area contributed by atoms with Crippen molar-refractivity contribution in [3.8, 4) is 0 Å². The molecule has 0 aliphatic heterocycles. The van der Waals surface area contributed by atoms with E-state index in [1.54, 1.807) is 0 Å². The molecule has 1 saturated carbocycles.